The zero-order valence-electron chi connectivity index (χ0n) is 10.4. The van der Waals surface area contributed by atoms with Gasteiger partial charge in [-0.3, -0.25) is 4.79 Å². The molecule has 0 unspecified atom stereocenters. The number of aromatic nitrogens is 2. The van der Waals surface area contributed by atoms with E-state index in [1.165, 1.54) is 22.9 Å². The predicted molar refractivity (Wildman–Crippen MR) is 69.1 cm³/mol. The van der Waals surface area contributed by atoms with Gasteiger partial charge in [-0.05, 0) is 25.1 Å². The lowest BCUT2D eigenvalue weighted by Gasteiger charge is -2.13. The summed E-state index contributed by atoms with van der Waals surface area (Å²) >= 11 is 5.59. The molecule has 7 heteroatoms. The Morgan fingerprint density at radius 2 is 2.00 bits per heavy atom. The summed E-state index contributed by atoms with van der Waals surface area (Å²) in [6.45, 7) is 1.59. The highest BCUT2D eigenvalue weighted by molar-refractivity contribution is 6.16. The first-order chi connectivity index (χ1) is 9.32. The molecule has 0 bridgehead atoms. The molecule has 0 N–H and O–H groups in total. The van der Waals surface area contributed by atoms with Gasteiger partial charge in [0.15, 0.2) is 0 Å². The van der Waals surface area contributed by atoms with Gasteiger partial charge in [-0.25, -0.2) is 4.68 Å². The van der Waals surface area contributed by atoms with E-state index in [2.05, 4.69) is 5.10 Å². The lowest BCUT2D eigenvalue weighted by Crippen LogP contribution is -2.18. The monoisotopic (exact) mass is 302 g/mol. The number of aryl methyl sites for hydroxylation is 1. The molecule has 0 saturated carbocycles. The third-order valence-electron chi connectivity index (χ3n) is 2.72. The van der Waals surface area contributed by atoms with Crippen molar-refractivity contribution in [3.8, 4) is 5.69 Å². The normalized spacial score (nSPS) is 11.7. The van der Waals surface area contributed by atoms with Crippen LogP contribution in [-0.2, 0) is 12.1 Å². The second-order valence-electron chi connectivity index (χ2n) is 4.19. The molecule has 0 aliphatic heterocycles. The van der Waals surface area contributed by atoms with Crippen LogP contribution in [0.2, 0.25) is 0 Å². The van der Waals surface area contributed by atoms with Crippen LogP contribution in [0.4, 0.5) is 13.2 Å². The van der Waals surface area contributed by atoms with Crippen molar-refractivity contribution in [1.82, 2.24) is 9.78 Å². The second-order valence-corrected chi connectivity index (χ2v) is 4.46. The van der Waals surface area contributed by atoms with Crippen molar-refractivity contribution < 1.29 is 13.2 Å². The molecular formula is C13H10ClF3N2O. The summed E-state index contributed by atoms with van der Waals surface area (Å²) in [6.07, 6.45) is -4.43. The minimum Gasteiger partial charge on any atom is -0.288 e. The standard InChI is InChI=1S/C13H10ClF3N2O/c1-8-5-12(20)11(7-14)18-19(8)10-4-2-3-9(6-10)13(15,16)17/h2-6H,7H2,1H3. The van der Waals surface area contributed by atoms with Gasteiger partial charge in [0, 0.05) is 11.8 Å². The predicted octanol–water partition coefficient (Wildman–Crippen LogP) is 3.30. The molecule has 1 aromatic carbocycles. The Balaban J connectivity index is 2.60. The topological polar surface area (TPSA) is 34.9 Å². The van der Waals surface area contributed by atoms with Crippen molar-refractivity contribution in [1.29, 1.82) is 0 Å². The van der Waals surface area contributed by atoms with Crippen molar-refractivity contribution in [2.75, 3.05) is 0 Å². The van der Waals surface area contributed by atoms with Crippen molar-refractivity contribution in [2.24, 2.45) is 0 Å². The Morgan fingerprint density at radius 3 is 2.60 bits per heavy atom. The zero-order valence-corrected chi connectivity index (χ0v) is 11.2. The van der Waals surface area contributed by atoms with E-state index in [1.54, 1.807) is 6.92 Å². The molecule has 0 fully saturated rings. The number of alkyl halides is 4. The molecule has 3 nitrogen and oxygen atoms in total. The summed E-state index contributed by atoms with van der Waals surface area (Å²) in [4.78, 5) is 11.5. The van der Waals surface area contributed by atoms with Crippen LogP contribution in [0.15, 0.2) is 35.1 Å². The van der Waals surface area contributed by atoms with E-state index in [4.69, 9.17) is 11.6 Å². The summed E-state index contributed by atoms with van der Waals surface area (Å²) in [5.41, 5.74) is -0.357. The number of nitrogens with zero attached hydrogens (tertiary/aromatic N) is 2. The fraction of sp³-hybridized carbons (Fsp3) is 0.231. The SMILES string of the molecule is Cc1cc(=O)c(CCl)nn1-c1cccc(C(F)(F)F)c1. The maximum Gasteiger partial charge on any atom is 0.416 e. The molecule has 1 heterocycles. The van der Waals surface area contributed by atoms with Crippen LogP contribution in [0.3, 0.4) is 0 Å². The van der Waals surface area contributed by atoms with Crippen LogP contribution in [-0.4, -0.2) is 9.78 Å². The van der Waals surface area contributed by atoms with Gasteiger partial charge in [-0.15, -0.1) is 11.6 Å². The van der Waals surface area contributed by atoms with E-state index in [9.17, 15) is 18.0 Å². The molecule has 0 aliphatic carbocycles. The average Bonchev–Trinajstić information content (AvgIpc) is 2.38. The van der Waals surface area contributed by atoms with E-state index < -0.39 is 11.7 Å². The lowest BCUT2D eigenvalue weighted by atomic mass is 10.2. The summed E-state index contributed by atoms with van der Waals surface area (Å²) in [7, 11) is 0. The smallest absolute Gasteiger partial charge is 0.288 e. The summed E-state index contributed by atoms with van der Waals surface area (Å²) in [5.74, 6) is -0.0991. The largest absolute Gasteiger partial charge is 0.416 e. The highest BCUT2D eigenvalue weighted by Gasteiger charge is 2.30. The highest BCUT2D eigenvalue weighted by Crippen LogP contribution is 2.30. The van der Waals surface area contributed by atoms with Gasteiger partial charge in [0.05, 0.1) is 17.1 Å². The molecule has 0 atom stereocenters. The first-order valence-electron chi connectivity index (χ1n) is 5.66. The highest BCUT2D eigenvalue weighted by atomic mass is 35.5. The van der Waals surface area contributed by atoms with E-state index in [0.717, 1.165) is 12.1 Å². The first kappa shape index (κ1) is 14.6. The zero-order chi connectivity index (χ0) is 14.9. The molecule has 0 spiro atoms. The third kappa shape index (κ3) is 2.85. The fourth-order valence-corrected chi connectivity index (χ4v) is 1.94. The van der Waals surface area contributed by atoms with Crippen LogP contribution < -0.4 is 5.43 Å². The quantitative estimate of drug-likeness (QED) is 0.798. The number of halogens is 4. The van der Waals surface area contributed by atoms with Crippen LogP contribution >= 0.6 is 11.6 Å². The Kier molecular flexibility index (Phi) is 3.85. The lowest BCUT2D eigenvalue weighted by molar-refractivity contribution is -0.137. The molecule has 0 aliphatic rings. The van der Waals surface area contributed by atoms with Crippen LogP contribution in [0.5, 0.6) is 0 Å². The van der Waals surface area contributed by atoms with Crippen molar-refractivity contribution in [2.45, 2.75) is 19.0 Å². The van der Waals surface area contributed by atoms with Crippen LogP contribution in [0.1, 0.15) is 17.0 Å². The van der Waals surface area contributed by atoms with Crippen molar-refractivity contribution in [3.05, 3.63) is 57.5 Å². The average molecular weight is 303 g/mol. The molecule has 1 aromatic heterocycles. The Labute approximate surface area is 117 Å². The van der Waals surface area contributed by atoms with Crippen molar-refractivity contribution in [3.63, 3.8) is 0 Å². The molecule has 0 amide bonds. The van der Waals surface area contributed by atoms with E-state index >= 15 is 0 Å². The van der Waals surface area contributed by atoms with Gasteiger partial charge in [0.2, 0.25) is 5.43 Å². The molecule has 2 rings (SSSR count). The van der Waals surface area contributed by atoms with Gasteiger partial charge < -0.3 is 0 Å². The summed E-state index contributed by atoms with van der Waals surface area (Å²) < 4.78 is 39.4. The molecule has 0 saturated heterocycles. The Bertz CT molecular complexity index is 695. The second kappa shape index (κ2) is 5.28. The molecular weight excluding hydrogens is 293 g/mol. The maximum atomic E-state index is 12.7. The van der Waals surface area contributed by atoms with Gasteiger partial charge >= 0.3 is 6.18 Å². The molecule has 20 heavy (non-hydrogen) atoms. The number of benzene rings is 1. The Morgan fingerprint density at radius 1 is 1.30 bits per heavy atom. The van der Waals surface area contributed by atoms with Crippen molar-refractivity contribution >= 4 is 11.6 Å². The van der Waals surface area contributed by atoms with Gasteiger partial charge in [0.25, 0.3) is 0 Å². The molecule has 106 valence electrons. The first-order valence-corrected chi connectivity index (χ1v) is 6.20. The minimum atomic E-state index is -4.43. The Hall–Kier alpha value is -1.82. The van der Waals surface area contributed by atoms with Gasteiger partial charge in [0.1, 0.15) is 5.69 Å². The van der Waals surface area contributed by atoms with Crippen LogP contribution in [0.25, 0.3) is 5.69 Å². The fourth-order valence-electron chi connectivity index (χ4n) is 1.75. The van der Waals surface area contributed by atoms with Gasteiger partial charge in [-0.1, -0.05) is 6.07 Å². The van der Waals surface area contributed by atoms with E-state index in [-0.39, 0.29) is 22.7 Å². The van der Waals surface area contributed by atoms with E-state index in [1.807, 2.05) is 0 Å². The van der Waals surface area contributed by atoms with Gasteiger partial charge in [-0.2, -0.15) is 18.3 Å². The summed E-state index contributed by atoms with van der Waals surface area (Å²) in [6, 6.07) is 6.02. The number of rotatable bonds is 2. The maximum absolute atomic E-state index is 12.7. The number of hydrogen-bond donors (Lipinski definition) is 0. The third-order valence-corrected chi connectivity index (χ3v) is 2.98. The molecule has 2 aromatic rings. The number of hydrogen-bond acceptors (Lipinski definition) is 2. The summed E-state index contributed by atoms with van der Waals surface area (Å²) in [5, 5.41) is 3.99. The van der Waals surface area contributed by atoms with Crippen LogP contribution in [0, 0.1) is 6.92 Å². The minimum absolute atomic E-state index is 0.0923. The van der Waals surface area contributed by atoms with E-state index in [0.29, 0.717) is 5.69 Å². The molecule has 0 radical (unpaired) electrons.